The second-order valence-electron chi connectivity index (χ2n) is 1.63. The summed E-state index contributed by atoms with van der Waals surface area (Å²) in [5.41, 5.74) is 0.0718. The van der Waals surface area contributed by atoms with E-state index < -0.39 is 5.97 Å². The van der Waals surface area contributed by atoms with Crippen molar-refractivity contribution in [2.24, 2.45) is 0 Å². The monoisotopic (exact) mass is 223 g/mol. The van der Waals surface area contributed by atoms with Crippen LogP contribution in [0.5, 0.6) is 0 Å². The summed E-state index contributed by atoms with van der Waals surface area (Å²) in [5.74, 6) is -1.22. The van der Waals surface area contributed by atoms with Gasteiger partial charge in [0, 0.05) is 11.8 Å². The van der Waals surface area contributed by atoms with Crippen LogP contribution in [0.25, 0.3) is 0 Å². The third kappa shape index (κ3) is 2.91. The Morgan fingerprint density at radius 3 is 2.64 bits per heavy atom. The molecule has 0 amide bonds. The zero-order chi connectivity index (χ0) is 7.56. The first kappa shape index (κ1) is 11.1. The molecule has 0 aliphatic carbocycles. The van der Waals surface area contributed by atoms with Gasteiger partial charge in [0.15, 0.2) is 0 Å². The van der Waals surface area contributed by atoms with Crippen LogP contribution in [0.1, 0.15) is 10.4 Å². The number of carbonyl (C=O) groups is 1. The topological polar surface area (TPSA) is 53.0 Å². The average Bonchev–Trinajstić information content (AvgIpc) is 1.88. The summed E-state index contributed by atoms with van der Waals surface area (Å²) < 4.78 is 0.301. The van der Waals surface area contributed by atoms with E-state index in [-0.39, 0.29) is 35.1 Å². The first-order chi connectivity index (χ1) is 4.72. The molecule has 0 saturated carbocycles. The molecule has 0 unspecified atom stereocenters. The van der Waals surface area contributed by atoms with E-state index >= 15 is 0 Å². The van der Waals surface area contributed by atoms with Crippen LogP contribution in [-0.2, 0) is 0 Å². The fraction of sp³-hybridized carbons (Fsp3) is 0. The smallest absolute Gasteiger partial charge is 0.545 e. The van der Waals surface area contributed by atoms with Gasteiger partial charge in [-0.15, -0.1) is 0 Å². The predicted molar refractivity (Wildman–Crippen MR) is 36.3 cm³/mol. The molecular formula is C6H3BrNNaO2. The minimum atomic E-state index is -1.22. The summed E-state index contributed by atoms with van der Waals surface area (Å²) in [5, 5.41) is 10.2. The van der Waals surface area contributed by atoms with Crippen molar-refractivity contribution in [1.82, 2.24) is 4.98 Å². The number of rotatable bonds is 1. The summed E-state index contributed by atoms with van der Waals surface area (Å²) in [6, 6.07) is 2.96. The Hall–Kier alpha value is 0.100. The van der Waals surface area contributed by atoms with Crippen LogP contribution in [0.4, 0.5) is 0 Å². The van der Waals surface area contributed by atoms with Crippen LogP contribution in [0.2, 0.25) is 0 Å². The maximum atomic E-state index is 10.2. The quantitative estimate of drug-likeness (QED) is 0.382. The van der Waals surface area contributed by atoms with Crippen LogP contribution in [0, 0.1) is 0 Å². The zero-order valence-electron chi connectivity index (χ0n) is 5.87. The Labute approximate surface area is 94.3 Å². The normalized spacial score (nSPS) is 8.45. The number of hydrogen-bond donors (Lipinski definition) is 0. The number of hydrogen-bond acceptors (Lipinski definition) is 3. The Kier molecular flexibility index (Phi) is 4.92. The van der Waals surface area contributed by atoms with Gasteiger partial charge in [0.05, 0.1) is 5.97 Å². The van der Waals surface area contributed by atoms with E-state index in [1.807, 2.05) is 0 Å². The molecule has 3 nitrogen and oxygen atoms in total. The number of aromatic nitrogens is 1. The minimum absolute atomic E-state index is 0. The van der Waals surface area contributed by atoms with Gasteiger partial charge in [-0.3, -0.25) is 0 Å². The Bertz CT molecular complexity index is 267. The molecule has 5 heteroatoms. The molecule has 0 fully saturated rings. The van der Waals surface area contributed by atoms with Crippen molar-refractivity contribution in [3.05, 3.63) is 28.5 Å². The SMILES string of the molecule is O=C([O-])c1cccnc1Br.[Na+]. The van der Waals surface area contributed by atoms with Gasteiger partial charge >= 0.3 is 29.6 Å². The van der Waals surface area contributed by atoms with Crippen LogP contribution in [-0.4, -0.2) is 11.0 Å². The Morgan fingerprint density at radius 1 is 1.64 bits per heavy atom. The predicted octanol–water partition coefficient (Wildman–Crippen LogP) is -2.79. The molecule has 0 spiro atoms. The van der Waals surface area contributed by atoms with Crippen molar-refractivity contribution in [2.45, 2.75) is 0 Å². The van der Waals surface area contributed by atoms with Gasteiger partial charge in [0.2, 0.25) is 0 Å². The molecule has 0 atom stereocenters. The number of carboxylic acids is 1. The van der Waals surface area contributed by atoms with Crippen molar-refractivity contribution < 1.29 is 39.5 Å². The summed E-state index contributed by atoms with van der Waals surface area (Å²) in [4.78, 5) is 13.9. The van der Waals surface area contributed by atoms with Crippen LogP contribution < -0.4 is 34.7 Å². The molecule has 0 aliphatic heterocycles. The molecule has 52 valence electrons. The van der Waals surface area contributed by atoms with Crippen LogP contribution in [0.15, 0.2) is 22.9 Å². The number of pyridine rings is 1. The second-order valence-corrected chi connectivity index (χ2v) is 2.38. The fourth-order valence-corrected chi connectivity index (χ4v) is 0.951. The van der Waals surface area contributed by atoms with E-state index in [1.54, 1.807) is 0 Å². The Balaban J connectivity index is 0.000001000. The van der Waals surface area contributed by atoms with Gasteiger partial charge in [0.25, 0.3) is 0 Å². The summed E-state index contributed by atoms with van der Waals surface area (Å²) in [6.07, 6.45) is 1.50. The summed E-state index contributed by atoms with van der Waals surface area (Å²) in [6.45, 7) is 0. The van der Waals surface area contributed by atoms with Crippen molar-refractivity contribution in [3.8, 4) is 0 Å². The summed E-state index contributed by atoms with van der Waals surface area (Å²) in [7, 11) is 0. The van der Waals surface area contributed by atoms with Crippen LogP contribution in [0.3, 0.4) is 0 Å². The number of aromatic carboxylic acids is 1. The third-order valence-electron chi connectivity index (χ3n) is 0.979. The molecule has 0 bridgehead atoms. The van der Waals surface area contributed by atoms with Crippen molar-refractivity contribution in [1.29, 1.82) is 0 Å². The molecule has 1 aromatic heterocycles. The second kappa shape index (κ2) is 4.87. The van der Waals surface area contributed by atoms with Gasteiger partial charge < -0.3 is 9.90 Å². The minimum Gasteiger partial charge on any atom is -0.545 e. The van der Waals surface area contributed by atoms with Crippen molar-refractivity contribution in [3.63, 3.8) is 0 Å². The first-order valence-corrected chi connectivity index (χ1v) is 3.33. The van der Waals surface area contributed by atoms with Gasteiger partial charge in [-0.1, -0.05) is 0 Å². The van der Waals surface area contributed by atoms with Gasteiger partial charge in [-0.05, 0) is 28.1 Å². The molecule has 0 radical (unpaired) electrons. The maximum Gasteiger partial charge on any atom is 1.00 e. The zero-order valence-corrected chi connectivity index (χ0v) is 9.46. The standard InChI is InChI=1S/C6H4BrNO2.Na/c7-5-4(6(9)10)2-1-3-8-5;/h1-3H,(H,9,10);/q;+1/p-1. The fourth-order valence-electron chi connectivity index (χ4n) is 0.538. The van der Waals surface area contributed by atoms with E-state index in [1.165, 1.54) is 18.3 Å². The van der Waals surface area contributed by atoms with E-state index in [0.717, 1.165) is 0 Å². The van der Waals surface area contributed by atoms with Crippen molar-refractivity contribution >= 4 is 21.9 Å². The van der Waals surface area contributed by atoms with Crippen molar-refractivity contribution in [2.75, 3.05) is 0 Å². The van der Waals surface area contributed by atoms with E-state index in [2.05, 4.69) is 20.9 Å². The average molecular weight is 224 g/mol. The molecule has 0 saturated heterocycles. The molecule has 1 rings (SSSR count). The largest absolute Gasteiger partial charge is 1.00 e. The molecule has 0 N–H and O–H groups in total. The molecular weight excluding hydrogens is 221 g/mol. The van der Waals surface area contributed by atoms with Gasteiger partial charge in [-0.2, -0.15) is 0 Å². The maximum absolute atomic E-state index is 10.2. The molecule has 11 heavy (non-hydrogen) atoms. The first-order valence-electron chi connectivity index (χ1n) is 2.53. The molecule has 1 aromatic rings. The van der Waals surface area contributed by atoms with E-state index in [9.17, 15) is 9.90 Å². The molecule has 0 aliphatic rings. The van der Waals surface area contributed by atoms with E-state index in [4.69, 9.17) is 0 Å². The van der Waals surface area contributed by atoms with Gasteiger partial charge in [0.1, 0.15) is 4.60 Å². The molecule has 1 heterocycles. The summed E-state index contributed by atoms with van der Waals surface area (Å²) >= 11 is 2.96. The molecule has 0 aromatic carbocycles. The number of carbonyl (C=O) groups excluding carboxylic acids is 1. The van der Waals surface area contributed by atoms with Crippen LogP contribution >= 0.6 is 15.9 Å². The third-order valence-corrected chi connectivity index (χ3v) is 1.61. The number of nitrogens with zero attached hydrogens (tertiary/aromatic N) is 1. The number of halogens is 1. The Morgan fingerprint density at radius 2 is 2.27 bits per heavy atom. The van der Waals surface area contributed by atoms with E-state index in [0.29, 0.717) is 4.60 Å². The number of carboxylic acid groups (broad SMARTS) is 1. The van der Waals surface area contributed by atoms with Gasteiger partial charge in [-0.25, -0.2) is 4.98 Å².